The number of hydrogen-bond acceptors (Lipinski definition) is 3. The Labute approximate surface area is 127 Å². The average molecular weight is 319 g/mol. The summed E-state index contributed by atoms with van der Waals surface area (Å²) in [7, 11) is 0. The van der Waals surface area contributed by atoms with Crippen LogP contribution in [0, 0.1) is 0 Å². The molecule has 2 N–H and O–H groups in total. The van der Waals surface area contributed by atoms with Crippen molar-refractivity contribution in [2.75, 3.05) is 12.0 Å². The van der Waals surface area contributed by atoms with Gasteiger partial charge in [-0.25, -0.2) is 4.79 Å². The molecule has 1 aromatic rings. The van der Waals surface area contributed by atoms with Crippen LogP contribution in [-0.2, 0) is 4.79 Å². The molecular weight excluding hydrogens is 300 g/mol. The van der Waals surface area contributed by atoms with Crippen molar-refractivity contribution < 1.29 is 14.7 Å². The first-order chi connectivity index (χ1) is 9.36. The number of amides is 1. The fourth-order valence-electron chi connectivity index (χ4n) is 1.78. The molecule has 1 aromatic heterocycles. The number of halogens is 1. The van der Waals surface area contributed by atoms with E-state index in [0.29, 0.717) is 22.9 Å². The topological polar surface area (TPSA) is 71.3 Å². The van der Waals surface area contributed by atoms with Gasteiger partial charge in [0.05, 0.1) is 5.02 Å². The van der Waals surface area contributed by atoms with Gasteiger partial charge < -0.3 is 15.0 Å². The van der Waals surface area contributed by atoms with E-state index < -0.39 is 17.9 Å². The molecule has 0 aromatic carbocycles. The summed E-state index contributed by atoms with van der Waals surface area (Å²) in [5, 5.41) is 12.1. The van der Waals surface area contributed by atoms with Gasteiger partial charge in [0.15, 0.2) is 0 Å². The predicted molar refractivity (Wildman–Crippen MR) is 81.7 cm³/mol. The zero-order valence-electron chi connectivity index (χ0n) is 11.7. The Bertz CT molecular complexity index is 488. The molecule has 1 atom stereocenters. The summed E-state index contributed by atoms with van der Waals surface area (Å²) in [6, 6.07) is 0.728. The fraction of sp³-hybridized carbons (Fsp3) is 0.538. The molecule has 1 rings (SSSR count). The number of rotatable bonds is 7. The summed E-state index contributed by atoms with van der Waals surface area (Å²) < 4.78 is 1.73. The predicted octanol–water partition coefficient (Wildman–Crippen LogP) is 2.66. The Kier molecular flexibility index (Phi) is 6.42. The number of carbonyl (C=O) groups is 2. The number of thioether (sulfide) groups is 1. The first-order valence-corrected chi connectivity index (χ1v) is 8.04. The van der Waals surface area contributed by atoms with Crippen molar-refractivity contribution in [3.05, 3.63) is 23.0 Å². The minimum absolute atomic E-state index is 0.0673. The quantitative estimate of drug-likeness (QED) is 0.810. The smallest absolute Gasteiger partial charge is 0.326 e. The van der Waals surface area contributed by atoms with Gasteiger partial charge in [0.1, 0.15) is 11.7 Å². The van der Waals surface area contributed by atoms with Crippen LogP contribution in [0.1, 0.15) is 36.8 Å². The Hall–Kier alpha value is -1.14. The van der Waals surface area contributed by atoms with Crippen molar-refractivity contribution in [1.82, 2.24) is 9.88 Å². The van der Waals surface area contributed by atoms with Crippen LogP contribution in [0.2, 0.25) is 5.02 Å². The third kappa shape index (κ3) is 4.45. The van der Waals surface area contributed by atoms with Gasteiger partial charge in [-0.15, -0.1) is 0 Å². The second kappa shape index (κ2) is 7.59. The van der Waals surface area contributed by atoms with Crippen LogP contribution >= 0.6 is 23.4 Å². The van der Waals surface area contributed by atoms with E-state index in [2.05, 4.69) is 5.32 Å². The van der Waals surface area contributed by atoms with E-state index in [1.807, 2.05) is 20.1 Å². The zero-order valence-corrected chi connectivity index (χ0v) is 13.3. The first-order valence-electron chi connectivity index (χ1n) is 6.26. The summed E-state index contributed by atoms with van der Waals surface area (Å²) in [4.78, 5) is 23.3. The van der Waals surface area contributed by atoms with Gasteiger partial charge in [-0.05, 0) is 38.3 Å². The Morgan fingerprint density at radius 1 is 1.50 bits per heavy atom. The number of hydrogen-bond donors (Lipinski definition) is 2. The van der Waals surface area contributed by atoms with Crippen molar-refractivity contribution in [2.24, 2.45) is 0 Å². The van der Waals surface area contributed by atoms with Crippen molar-refractivity contribution in [1.29, 1.82) is 0 Å². The van der Waals surface area contributed by atoms with Crippen molar-refractivity contribution in [3.8, 4) is 0 Å². The van der Waals surface area contributed by atoms with Crippen LogP contribution < -0.4 is 5.32 Å². The molecule has 0 aliphatic heterocycles. The second-order valence-electron chi connectivity index (χ2n) is 4.69. The maximum absolute atomic E-state index is 12.2. The molecular formula is C13H19ClN2O3S. The Morgan fingerprint density at radius 3 is 2.65 bits per heavy atom. The lowest BCUT2D eigenvalue weighted by Crippen LogP contribution is -2.41. The zero-order chi connectivity index (χ0) is 15.3. The van der Waals surface area contributed by atoms with Crippen LogP contribution in [0.3, 0.4) is 0 Å². The maximum atomic E-state index is 12.2. The van der Waals surface area contributed by atoms with Gasteiger partial charge >= 0.3 is 5.97 Å². The van der Waals surface area contributed by atoms with E-state index >= 15 is 0 Å². The van der Waals surface area contributed by atoms with Gasteiger partial charge in [0.25, 0.3) is 5.91 Å². The SMILES string of the molecule is CSCCC(NC(=O)c1cc(Cl)cn1C(C)C)C(=O)O. The maximum Gasteiger partial charge on any atom is 0.326 e. The molecule has 0 aliphatic rings. The van der Waals surface area contributed by atoms with E-state index in [0.717, 1.165) is 0 Å². The number of nitrogens with one attached hydrogen (secondary N) is 1. The lowest BCUT2D eigenvalue weighted by Gasteiger charge is -2.16. The number of nitrogens with zero attached hydrogens (tertiary/aromatic N) is 1. The third-order valence-corrected chi connectivity index (χ3v) is 3.67. The largest absolute Gasteiger partial charge is 0.480 e. The fourth-order valence-corrected chi connectivity index (χ4v) is 2.46. The van der Waals surface area contributed by atoms with Crippen molar-refractivity contribution >= 4 is 35.2 Å². The number of carboxylic acid groups (broad SMARTS) is 1. The monoisotopic (exact) mass is 318 g/mol. The summed E-state index contributed by atoms with van der Waals surface area (Å²) >= 11 is 7.46. The number of aliphatic carboxylic acids is 1. The molecule has 0 fully saturated rings. The third-order valence-electron chi connectivity index (χ3n) is 2.82. The summed E-state index contributed by atoms with van der Waals surface area (Å²) in [6.07, 6.45) is 3.95. The highest BCUT2D eigenvalue weighted by molar-refractivity contribution is 7.98. The lowest BCUT2D eigenvalue weighted by atomic mass is 10.2. The highest BCUT2D eigenvalue weighted by Crippen LogP contribution is 2.19. The number of carbonyl (C=O) groups excluding carboxylic acids is 1. The van der Waals surface area contributed by atoms with Gasteiger partial charge in [-0.3, -0.25) is 4.79 Å². The van der Waals surface area contributed by atoms with Gasteiger partial charge in [-0.2, -0.15) is 11.8 Å². The molecule has 0 saturated heterocycles. The minimum Gasteiger partial charge on any atom is -0.480 e. The van der Waals surface area contributed by atoms with E-state index in [-0.39, 0.29) is 6.04 Å². The van der Waals surface area contributed by atoms with Crippen LogP contribution in [0.15, 0.2) is 12.3 Å². The second-order valence-corrected chi connectivity index (χ2v) is 6.11. The van der Waals surface area contributed by atoms with Crippen molar-refractivity contribution in [2.45, 2.75) is 32.4 Å². The van der Waals surface area contributed by atoms with Gasteiger partial charge in [0, 0.05) is 12.2 Å². The molecule has 1 amide bonds. The van der Waals surface area contributed by atoms with E-state index in [1.165, 1.54) is 0 Å². The van der Waals surface area contributed by atoms with E-state index in [9.17, 15) is 9.59 Å². The van der Waals surface area contributed by atoms with Gasteiger partial charge in [-0.1, -0.05) is 11.6 Å². The average Bonchev–Trinajstić information content (AvgIpc) is 2.76. The number of aromatic nitrogens is 1. The molecule has 20 heavy (non-hydrogen) atoms. The Morgan fingerprint density at radius 2 is 2.15 bits per heavy atom. The first kappa shape index (κ1) is 16.9. The van der Waals surface area contributed by atoms with Crippen molar-refractivity contribution in [3.63, 3.8) is 0 Å². The lowest BCUT2D eigenvalue weighted by molar-refractivity contribution is -0.139. The van der Waals surface area contributed by atoms with Crippen LogP contribution in [-0.4, -0.2) is 39.6 Å². The molecule has 5 nitrogen and oxygen atoms in total. The standard InChI is InChI=1S/C13H19ClN2O3S/c1-8(2)16-7-9(14)6-11(16)12(17)15-10(13(18)19)4-5-20-3/h6-8,10H,4-5H2,1-3H3,(H,15,17)(H,18,19). The minimum atomic E-state index is -1.03. The van der Waals surface area contributed by atoms with Crippen LogP contribution in [0.5, 0.6) is 0 Å². The molecule has 1 heterocycles. The Balaban J connectivity index is 2.86. The molecule has 0 radical (unpaired) electrons. The number of carboxylic acids is 1. The molecule has 112 valence electrons. The molecule has 7 heteroatoms. The molecule has 0 bridgehead atoms. The normalized spacial score (nSPS) is 12.4. The highest BCUT2D eigenvalue weighted by Gasteiger charge is 2.22. The molecule has 0 saturated carbocycles. The molecule has 1 unspecified atom stereocenters. The van der Waals surface area contributed by atoms with Crippen LogP contribution in [0.4, 0.5) is 0 Å². The van der Waals surface area contributed by atoms with Crippen LogP contribution in [0.25, 0.3) is 0 Å². The summed E-state index contributed by atoms with van der Waals surface area (Å²) in [6.45, 7) is 3.85. The molecule has 0 spiro atoms. The van der Waals surface area contributed by atoms with Gasteiger partial charge in [0.2, 0.25) is 0 Å². The van der Waals surface area contributed by atoms with E-state index in [1.54, 1.807) is 28.6 Å². The van der Waals surface area contributed by atoms with E-state index in [4.69, 9.17) is 16.7 Å². The highest BCUT2D eigenvalue weighted by atomic mass is 35.5. The summed E-state index contributed by atoms with van der Waals surface area (Å²) in [5.74, 6) is -0.774. The molecule has 0 aliphatic carbocycles. The summed E-state index contributed by atoms with van der Waals surface area (Å²) in [5.41, 5.74) is 0.375.